The lowest BCUT2D eigenvalue weighted by atomic mass is 10.1. The first-order valence-electron chi connectivity index (χ1n) is 6.62. The summed E-state index contributed by atoms with van der Waals surface area (Å²) in [6, 6.07) is 4.11. The number of halogens is 1. The minimum absolute atomic E-state index is 0.0680. The van der Waals surface area contributed by atoms with Crippen molar-refractivity contribution in [2.45, 2.75) is 25.3 Å². The molecule has 1 atom stereocenters. The average molecular weight is 313 g/mol. The lowest BCUT2D eigenvalue weighted by Gasteiger charge is -2.17. The number of carbonyl (C=O) groups excluding carboxylic acids is 1. The van der Waals surface area contributed by atoms with Gasteiger partial charge in [0.25, 0.3) is 0 Å². The van der Waals surface area contributed by atoms with E-state index in [0.29, 0.717) is 16.5 Å². The molecule has 2 amide bonds. The van der Waals surface area contributed by atoms with Crippen molar-refractivity contribution in [3.8, 4) is 5.75 Å². The minimum atomic E-state index is -0.917. The molecular formula is C14H17ClN2O4. The van der Waals surface area contributed by atoms with Gasteiger partial charge in [0, 0.05) is 11.7 Å². The van der Waals surface area contributed by atoms with Crippen molar-refractivity contribution >= 4 is 29.3 Å². The first kappa shape index (κ1) is 15.4. The maximum Gasteiger partial charge on any atom is 0.319 e. The molecular weight excluding hydrogens is 296 g/mol. The Hall–Kier alpha value is -1.95. The molecule has 0 heterocycles. The van der Waals surface area contributed by atoms with Gasteiger partial charge >= 0.3 is 12.0 Å². The Morgan fingerprint density at radius 1 is 1.48 bits per heavy atom. The number of carboxylic acids is 1. The van der Waals surface area contributed by atoms with Gasteiger partial charge in [0.15, 0.2) is 0 Å². The predicted octanol–water partition coefficient (Wildman–Crippen LogP) is 2.72. The summed E-state index contributed by atoms with van der Waals surface area (Å²) in [4.78, 5) is 22.7. The number of methoxy groups -OCH3 is 1. The summed E-state index contributed by atoms with van der Waals surface area (Å²) in [5.74, 6) is -0.143. The van der Waals surface area contributed by atoms with E-state index in [0.717, 1.165) is 12.8 Å². The van der Waals surface area contributed by atoms with E-state index in [1.165, 1.54) is 7.11 Å². The van der Waals surface area contributed by atoms with Gasteiger partial charge in [0.05, 0.1) is 18.6 Å². The molecule has 0 aliphatic heterocycles. The van der Waals surface area contributed by atoms with Gasteiger partial charge in [-0.2, -0.15) is 0 Å². The zero-order chi connectivity index (χ0) is 15.4. The highest BCUT2D eigenvalue weighted by Crippen LogP contribution is 2.34. The van der Waals surface area contributed by atoms with Gasteiger partial charge in [0.1, 0.15) is 5.75 Å². The summed E-state index contributed by atoms with van der Waals surface area (Å²) in [5, 5.41) is 14.6. The van der Waals surface area contributed by atoms with E-state index in [-0.39, 0.29) is 18.4 Å². The standard InChI is InChI=1S/C14H17ClN2O4/c1-21-12-5-4-9(6-10(12)15)16-14(20)17-11(7-13(18)19)8-2-3-8/h4-6,8,11H,2-3,7H2,1H3,(H,18,19)(H2,16,17,20). The van der Waals surface area contributed by atoms with Crippen LogP contribution in [0.5, 0.6) is 5.75 Å². The molecule has 7 heteroatoms. The van der Waals surface area contributed by atoms with Crippen LogP contribution in [0.2, 0.25) is 5.02 Å². The van der Waals surface area contributed by atoms with E-state index in [1.54, 1.807) is 18.2 Å². The number of hydrogen-bond donors (Lipinski definition) is 3. The van der Waals surface area contributed by atoms with E-state index >= 15 is 0 Å². The van der Waals surface area contributed by atoms with Gasteiger partial charge in [-0.1, -0.05) is 11.6 Å². The topological polar surface area (TPSA) is 87.7 Å². The second-order valence-electron chi connectivity index (χ2n) is 4.99. The molecule has 2 rings (SSSR count). The monoisotopic (exact) mass is 312 g/mol. The van der Waals surface area contributed by atoms with Crippen molar-refractivity contribution in [2.75, 3.05) is 12.4 Å². The lowest BCUT2D eigenvalue weighted by Crippen LogP contribution is -2.40. The minimum Gasteiger partial charge on any atom is -0.495 e. The molecule has 114 valence electrons. The summed E-state index contributed by atoms with van der Waals surface area (Å²) in [6.07, 6.45) is 1.83. The third kappa shape index (κ3) is 4.53. The number of carbonyl (C=O) groups is 2. The van der Waals surface area contributed by atoms with Gasteiger partial charge in [-0.05, 0) is 37.0 Å². The first-order valence-corrected chi connectivity index (χ1v) is 7.00. The Morgan fingerprint density at radius 3 is 2.71 bits per heavy atom. The van der Waals surface area contributed by atoms with Crippen molar-refractivity contribution in [2.24, 2.45) is 5.92 Å². The van der Waals surface area contributed by atoms with Crippen LogP contribution in [0.25, 0.3) is 0 Å². The summed E-state index contributed by atoms with van der Waals surface area (Å²) in [5.41, 5.74) is 0.517. The average Bonchev–Trinajstić information content (AvgIpc) is 3.21. The lowest BCUT2D eigenvalue weighted by molar-refractivity contribution is -0.137. The Balaban J connectivity index is 1.94. The zero-order valence-electron chi connectivity index (χ0n) is 11.6. The first-order chi connectivity index (χ1) is 9.99. The van der Waals surface area contributed by atoms with Crippen LogP contribution in [0.1, 0.15) is 19.3 Å². The van der Waals surface area contributed by atoms with Crippen molar-refractivity contribution in [1.29, 1.82) is 0 Å². The van der Waals surface area contributed by atoms with Crippen LogP contribution in [0.15, 0.2) is 18.2 Å². The van der Waals surface area contributed by atoms with Gasteiger partial charge < -0.3 is 20.5 Å². The number of amides is 2. The van der Waals surface area contributed by atoms with E-state index < -0.39 is 12.0 Å². The normalized spacial score (nSPS) is 15.1. The maximum atomic E-state index is 11.9. The quantitative estimate of drug-likeness (QED) is 0.753. The van der Waals surface area contributed by atoms with Gasteiger partial charge in [0.2, 0.25) is 0 Å². The molecule has 0 bridgehead atoms. The van der Waals surface area contributed by atoms with Crippen molar-refractivity contribution in [3.63, 3.8) is 0 Å². The van der Waals surface area contributed by atoms with Crippen LogP contribution in [0.4, 0.5) is 10.5 Å². The third-order valence-electron chi connectivity index (χ3n) is 3.31. The number of urea groups is 1. The van der Waals surface area contributed by atoms with Crippen LogP contribution in [-0.4, -0.2) is 30.3 Å². The molecule has 0 aromatic heterocycles. The second-order valence-corrected chi connectivity index (χ2v) is 5.40. The van der Waals surface area contributed by atoms with Gasteiger partial charge in [-0.15, -0.1) is 0 Å². The van der Waals surface area contributed by atoms with Crippen LogP contribution in [0.3, 0.4) is 0 Å². The molecule has 6 nitrogen and oxygen atoms in total. The molecule has 1 saturated carbocycles. The van der Waals surface area contributed by atoms with Crippen LogP contribution in [0, 0.1) is 5.92 Å². The van der Waals surface area contributed by atoms with E-state index in [1.807, 2.05) is 0 Å². The Kier molecular flexibility index (Phi) is 4.90. The number of anilines is 1. The number of nitrogens with one attached hydrogen (secondary N) is 2. The Morgan fingerprint density at radius 2 is 2.19 bits per heavy atom. The van der Waals surface area contributed by atoms with E-state index in [2.05, 4.69) is 10.6 Å². The molecule has 3 N–H and O–H groups in total. The summed E-state index contributed by atoms with van der Waals surface area (Å²) in [6.45, 7) is 0. The van der Waals surface area contributed by atoms with Crippen LogP contribution >= 0.6 is 11.6 Å². The Labute approximate surface area is 127 Å². The number of ether oxygens (including phenoxy) is 1. The summed E-state index contributed by atoms with van der Waals surface area (Å²) in [7, 11) is 1.51. The molecule has 1 unspecified atom stereocenters. The molecule has 1 aliphatic rings. The Bertz CT molecular complexity index is 546. The highest BCUT2D eigenvalue weighted by atomic mass is 35.5. The summed E-state index contributed by atoms with van der Waals surface area (Å²) < 4.78 is 5.03. The zero-order valence-corrected chi connectivity index (χ0v) is 12.3. The maximum absolute atomic E-state index is 11.9. The molecule has 1 fully saturated rings. The molecule has 0 saturated heterocycles. The number of hydrogen-bond acceptors (Lipinski definition) is 3. The van der Waals surface area contributed by atoms with Crippen molar-refractivity contribution in [3.05, 3.63) is 23.2 Å². The van der Waals surface area contributed by atoms with Gasteiger partial charge in [-0.25, -0.2) is 4.79 Å². The molecule has 0 radical (unpaired) electrons. The highest BCUT2D eigenvalue weighted by Gasteiger charge is 2.33. The fraction of sp³-hybridized carbons (Fsp3) is 0.429. The number of carboxylic acid groups (broad SMARTS) is 1. The molecule has 1 aromatic carbocycles. The van der Waals surface area contributed by atoms with E-state index in [9.17, 15) is 9.59 Å². The predicted molar refractivity (Wildman–Crippen MR) is 78.9 cm³/mol. The van der Waals surface area contributed by atoms with Crippen LogP contribution < -0.4 is 15.4 Å². The van der Waals surface area contributed by atoms with Crippen molar-refractivity contribution < 1.29 is 19.4 Å². The molecule has 0 spiro atoms. The largest absolute Gasteiger partial charge is 0.495 e. The highest BCUT2D eigenvalue weighted by molar-refractivity contribution is 6.32. The van der Waals surface area contributed by atoms with Crippen LogP contribution in [-0.2, 0) is 4.79 Å². The van der Waals surface area contributed by atoms with Gasteiger partial charge in [-0.3, -0.25) is 4.79 Å². The fourth-order valence-electron chi connectivity index (χ4n) is 2.10. The molecule has 1 aliphatic carbocycles. The van der Waals surface area contributed by atoms with Crippen molar-refractivity contribution in [1.82, 2.24) is 5.32 Å². The summed E-state index contributed by atoms with van der Waals surface area (Å²) >= 11 is 5.97. The fourth-order valence-corrected chi connectivity index (χ4v) is 2.36. The van der Waals surface area contributed by atoms with E-state index in [4.69, 9.17) is 21.4 Å². The smallest absolute Gasteiger partial charge is 0.319 e. The SMILES string of the molecule is COc1ccc(NC(=O)NC(CC(=O)O)C2CC2)cc1Cl. The molecule has 1 aromatic rings. The molecule has 21 heavy (non-hydrogen) atoms. The number of aliphatic carboxylic acids is 1. The third-order valence-corrected chi connectivity index (χ3v) is 3.61. The second kappa shape index (κ2) is 6.67. The number of rotatable bonds is 6. The number of benzene rings is 1.